The highest BCUT2D eigenvalue weighted by Crippen LogP contribution is 2.57. The van der Waals surface area contributed by atoms with E-state index in [9.17, 15) is 14.7 Å². The Morgan fingerprint density at radius 3 is 2.77 bits per heavy atom. The van der Waals surface area contributed by atoms with Crippen molar-refractivity contribution in [2.24, 2.45) is 23.2 Å². The van der Waals surface area contributed by atoms with Crippen LogP contribution in [-0.4, -0.2) is 46.1 Å². The minimum absolute atomic E-state index is 0.0118. The number of anilines is 1. The van der Waals surface area contributed by atoms with E-state index in [4.69, 9.17) is 4.98 Å². The van der Waals surface area contributed by atoms with Crippen molar-refractivity contribution in [3.05, 3.63) is 10.6 Å². The van der Waals surface area contributed by atoms with E-state index >= 15 is 0 Å². The molecule has 1 heterocycles. The van der Waals surface area contributed by atoms with Gasteiger partial charge in [-0.05, 0) is 55.6 Å². The fraction of sp³-hybridized carbons (Fsp3) is 0.773. The van der Waals surface area contributed by atoms with Crippen LogP contribution in [0.2, 0.25) is 0 Å². The Labute approximate surface area is 187 Å². The van der Waals surface area contributed by atoms with Gasteiger partial charge in [0, 0.05) is 22.8 Å². The van der Waals surface area contributed by atoms with E-state index in [-0.39, 0.29) is 40.9 Å². The van der Waals surface area contributed by atoms with Crippen molar-refractivity contribution >= 4 is 40.0 Å². The SMILES string of the molecule is CSCC(=O)Nc1nc2c(s1)C[C@@]1(C)CC[C@@H]([C@H](C)C(=O)NC3CC3)[C@H](O)[C@H]1[C@@H]2C. The largest absolute Gasteiger partial charge is 0.392 e. The van der Waals surface area contributed by atoms with Gasteiger partial charge in [0.25, 0.3) is 0 Å². The average molecular weight is 452 g/mol. The number of aromatic nitrogens is 1. The average Bonchev–Trinajstić information content (AvgIpc) is 3.39. The number of fused-ring (bicyclic) bond motifs is 2. The van der Waals surface area contributed by atoms with Crippen LogP contribution in [0, 0.1) is 23.2 Å². The Balaban J connectivity index is 1.53. The summed E-state index contributed by atoms with van der Waals surface area (Å²) in [6, 6.07) is 0.344. The van der Waals surface area contributed by atoms with Crippen LogP contribution in [0.25, 0.3) is 0 Å². The van der Waals surface area contributed by atoms with Crippen LogP contribution in [-0.2, 0) is 16.0 Å². The first-order chi connectivity index (χ1) is 14.2. The second kappa shape index (κ2) is 8.43. The first-order valence-corrected chi connectivity index (χ1v) is 13.2. The van der Waals surface area contributed by atoms with Crippen LogP contribution in [0.15, 0.2) is 0 Å². The predicted molar refractivity (Wildman–Crippen MR) is 122 cm³/mol. The van der Waals surface area contributed by atoms with Gasteiger partial charge in [0.05, 0.1) is 17.6 Å². The molecule has 6 nitrogen and oxygen atoms in total. The van der Waals surface area contributed by atoms with Crippen LogP contribution in [0.5, 0.6) is 0 Å². The number of thiazole rings is 1. The molecular formula is C22H33N3O3S2. The molecule has 166 valence electrons. The second-order valence-electron chi connectivity index (χ2n) is 9.72. The summed E-state index contributed by atoms with van der Waals surface area (Å²) in [4.78, 5) is 30.6. The van der Waals surface area contributed by atoms with Crippen molar-refractivity contribution in [3.8, 4) is 0 Å². The van der Waals surface area contributed by atoms with E-state index in [1.54, 1.807) is 11.3 Å². The van der Waals surface area contributed by atoms with Gasteiger partial charge in [-0.3, -0.25) is 9.59 Å². The fourth-order valence-corrected chi connectivity index (χ4v) is 7.26. The predicted octanol–water partition coefficient (Wildman–Crippen LogP) is 3.41. The van der Waals surface area contributed by atoms with Gasteiger partial charge in [-0.15, -0.1) is 11.3 Å². The van der Waals surface area contributed by atoms with Crippen molar-refractivity contribution in [2.45, 2.75) is 70.9 Å². The molecule has 1 aromatic rings. The molecule has 2 fully saturated rings. The smallest absolute Gasteiger partial charge is 0.236 e. The fourth-order valence-electron chi connectivity index (χ4n) is 5.64. The van der Waals surface area contributed by atoms with E-state index in [1.807, 2.05) is 13.2 Å². The molecule has 2 amide bonds. The quantitative estimate of drug-likeness (QED) is 0.617. The Morgan fingerprint density at radius 2 is 2.10 bits per heavy atom. The maximum Gasteiger partial charge on any atom is 0.236 e. The monoisotopic (exact) mass is 451 g/mol. The number of thioether (sulfide) groups is 1. The third-order valence-electron chi connectivity index (χ3n) is 7.42. The number of hydrogen-bond donors (Lipinski definition) is 3. The Kier molecular flexibility index (Phi) is 6.21. The molecule has 3 aliphatic rings. The molecule has 30 heavy (non-hydrogen) atoms. The summed E-state index contributed by atoms with van der Waals surface area (Å²) in [5.41, 5.74) is 0.999. The highest BCUT2D eigenvalue weighted by Gasteiger charge is 2.54. The minimum Gasteiger partial charge on any atom is -0.392 e. The standard InChI is InChI=1S/C22H33N3O3S2/c1-11(20(28)23-13-5-6-13)14-7-8-22(3)9-15-18(12(2)17(22)19(14)27)25-21(30-15)24-16(26)10-29-4/h11-14,17,19,27H,5-10H2,1-4H3,(H,23,28)(H,24,25,26)/t11-,12-,14-,17+,19-,22+/m0/s1. The molecule has 3 aliphatic carbocycles. The molecule has 3 N–H and O–H groups in total. The number of rotatable bonds is 6. The van der Waals surface area contributed by atoms with Gasteiger partial charge < -0.3 is 15.7 Å². The van der Waals surface area contributed by atoms with Crippen LogP contribution in [0.4, 0.5) is 5.13 Å². The highest BCUT2D eigenvalue weighted by molar-refractivity contribution is 7.99. The highest BCUT2D eigenvalue weighted by atomic mass is 32.2. The van der Waals surface area contributed by atoms with Gasteiger partial charge >= 0.3 is 0 Å². The lowest BCUT2D eigenvalue weighted by molar-refractivity contribution is -0.134. The molecule has 0 radical (unpaired) electrons. The number of carbonyl (C=O) groups excluding carboxylic acids is 2. The maximum absolute atomic E-state index is 12.6. The molecule has 1 aromatic heterocycles. The molecular weight excluding hydrogens is 418 g/mol. The van der Waals surface area contributed by atoms with E-state index < -0.39 is 6.10 Å². The lowest BCUT2D eigenvalue weighted by Gasteiger charge is -2.53. The zero-order valence-electron chi connectivity index (χ0n) is 18.2. The number of hydrogen-bond acceptors (Lipinski definition) is 6. The van der Waals surface area contributed by atoms with Crippen LogP contribution >= 0.6 is 23.1 Å². The van der Waals surface area contributed by atoms with E-state index in [0.717, 1.165) is 37.8 Å². The zero-order valence-corrected chi connectivity index (χ0v) is 19.9. The summed E-state index contributed by atoms with van der Waals surface area (Å²) in [6.45, 7) is 6.39. The lowest BCUT2D eigenvalue weighted by atomic mass is 9.53. The lowest BCUT2D eigenvalue weighted by Crippen LogP contribution is -2.53. The number of nitrogens with one attached hydrogen (secondary N) is 2. The third-order valence-corrected chi connectivity index (χ3v) is 8.96. The van der Waals surface area contributed by atoms with E-state index in [1.165, 1.54) is 16.6 Å². The molecule has 0 aliphatic heterocycles. The summed E-state index contributed by atoms with van der Waals surface area (Å²) in [5.74, 6) is 0.430. The van der Waals surface area contributed by atoms with Gasteiger partial charge in [-0.25, -0.2) is 4.98 Å². The van der Waals surface area contributed by atoms with Crippen molar-refractivity contribution < 1.29 is 14.7 Å². The Morgan fingerprint density at radius 1 is 1.37 bits per heavy atom. The van der Waals surface area contributed by atoms with Gasteiger partial charge in [0.2, 0.25) is 11.8 Å². The number of nitrogens with zero attached hydrogens (tertiary/aromatic N) is 1. The number of aliphatic hydroxyl groups excluding tert-OH is 1. The summed E-state index contributed by atoms with van der Waals surface area (Å²) < 4.78 is 0. The van der Waals surface area contributed by atoms with Gasteiger partial charge in [0.15, 0.2) is 5.13 Å². The van der Waals surface area contributed by atoms with Crippen molar-refractivity contribution in [2.75, 3.05) is 17.3 Å². The number of amides is 2. The minimum atomic E-state index is -0.525. The Hall–Kier alpha value is -1.12. The Bertz CT molecular complexity index is 825. The van der Waals surface area contributed by atoms with Crippen molar-refractivity contribution in [1.82, 2.24) is 10.3 Å². The number of carbonyl (C=O) groups is 2. The molecule has 0 unspecified atom stereocenters. The zero-order chi connectivity index (χ0) is 21.6. The second-order valence-corrected chi connectivity index (χ2v) is 11.7. The van der Waals surface area contributed by atoms with Crippen LogP contribution in [0.1, 0.15) is 62.9 Å². The molecule has 0 spiro atoms. The van der Waals surface area contributed by atoms with Gasteiger partial charge in [-0.1, -0.05) is 20.8 Å². The molecule has 2 saturated carbocycles. The van der Waals surface area contributed by atoms with Crippen molar-refractivity contribution in [3.63, 3.8) is 0 Å². The normalized spacial score (nSPS) is 33.9. The first kappa shape index (κ1) is 22.1. The molecule has 0 aromatic carbocycles. The third kappa shape index (κ3) is 4.15. The van der Waals surface area contributed by atoms with Gasteiger partial charge in [-0.2, -0.15) is 11.8 Å². The molecule has 0 saturated heterocycles. The summed E-state index contributed by atoms with van der Waals surface area (Å²) in [7, 11) is 0. The first-order valence-electron chi connectivity index (χ1n) is 11.0. The number of aliphatic hydroxyl groups is 1. The topological polar surface area (TPSA) is 91.3 Å². The van der Waals surface area contributed by atoms with E-state index in [2.05, 4.69) is 24.5 Å². The summed E-state index contributed by atoms with van der Waals surface area (Å²) in [5, 5.41) is 18.1. The summed E-state index contributed by atoms with van der Waals surface area (Å²) >= 11 is 3.07. The molecule has 4 rings (SSSR count). The molecule has 6 atom stereocenters. The maximum atomic E-state index is 12.6. The van der Waals surface area contributed by atoms with Crippen LogP contribution < -0.4 is 10.6 Å². The van der Waals surface area contributed by atoms with E-state index in [0.29, 0.717) is 16.9 Å². The van der Waals surface area contributed by atoms with Gasteiger partial charge in [0.1, 0.15) is 0 Å². The van der Waals surface area contributed by atoms with Crippen LogP contribution in [0.3, 0.4) is 0 Å². The summed E-state index contributed by atoms with van der Waals surface area (Å²) in [6.07, 6.45) is 6.27. The molecule has 0 bridgehead atoms. The van der Waals surface area contributed by atoms with Crippen molar-refractivity contribution in [1.29, 1.82) is 0 Å². The molecule has 8 heteroatoms.